The van der Waals surface area contributed by atoms with E-state index in [0.29, 0.717) is 0 Å². The normalized spacial score (nSPS) is 11.9. The van der Waals surface area contributed by atoms with Gasteiger partial charge in [0.2, 0.25) is 5.91 Å². The third-order valence-corrected chi connectivity index (χ3v) is 0.892. The van der Waals surface area contributed by atoms with Crippen molar-refractivity contribution in [3.8, 4) is 0 Å². The molecule has 0 rings (SSSR count). The maximum atomic E-state index is 10.6. The highest BCUT2D eigenvalue weighted by molar-refractivity contribution is 5.78. The van der Waals surface area contributed by atoms with Crippen LogP contribution >= 0.6 is 0 Å². The minimum atomic E-state index is -0.608. The Morgan fingerprint density at radius 1 is 1.64 bits per heavy atom. The van der Waals surface area contributed by atoms with E-state index in [0.717, 1.165) is 0 Å². The van der Waals surface area contributed by atoms with Gasteiger partial charge in [-0.05, 0) is 6.92 Å². The molecule has 5 heteroatoms. The van der Waals surface area contributed by atoms with Crippen LogP contribution < -0.4 is 11.1 Å². The molecule has 1 atom stereocenters. The van der Waals surface area contributed by atoms with Crippen LogP contribution in [0.15, 0.2) is 0 Å². The zero-order valence-electron chi connectivity index (χ0n) is 6.59. The van der Waals surface area contributed by atoms with Gasteiger partial charge < -0.3 is 15.8 Å². The average Bonchev–Trinajstić information content (AvgIpc) is 1.85. The lowest BCUT2D eigenvalue weighted by atomic mass is 10.5. The number of amides is 1. The number of hydrogen-bond donors (Lipinski definition) is 2. The van der Waals surface area contributed by atoms with E-state index in [9.17, 15) is 9.59 Å². The maximum Gasteiger partial charge on any atom is 0.304 e. The van der Waals surface area contributed by atoms with Crippen molar-refractivity contribution in [1.29, 1.82) is 0 Å². The second-order valence-electron chi connectivity index (χ2n) is 2.02. The fourth-order valence-corrected chi connectivity index (χ4v) is 0.564. The van der Waals surface area contributed by atoms with Gasteiger partial charge in [0.05, 0.1) is 6.54 Å². The molecular formula is C6H12N2O3. The molecule has 5 nitrogen and oxygen atoms in total. The number of carbonyl (C=O) groups excluding carboxylic acids is 2. The third kappa shape index (κ3) is 5.35. The van der Waals surface area contributed by atoms with Crippen LogP contribution in [0.4, 0.5) is 0 Å². The first kappa shape index (κ1) is 9.90. The molecule has 1 unspecified atom stereocenters. The molecule has 0 saturated carbocycles. The molecule has 0 radical (unpaired) electrons. The quantitative estimate of drug-likeness (QED) is 0.408. The SMILES string of the molecule is CC(=O)OC(C)NC(=O)CN. The predicted octanol–water partition coefficient (Wildman–Crippen LogP) is -1.03. The Kier molecular flexibility index (Phi) is 4.21. The summed E-state index contributed by atoms with van der Waals surface area (Å²) >= 11 is 0. The van der Waals surface area contributed by atoms with E-state index in [1.807, 2.05) is 0 Å². The van der Waals surface area contributed by atoms with Crippen molar-refractivity contribution in [2.45, 2.75) is 20.1 Å². The Balaban J connectivity index is 3.60. The van der Waals surface area contributed by atoms with E-state index in [4.69, 9.17) is 5.73 Å². The zero-order valence-corrected chi connectivity index (χ0v) is 6.59. The lowest BCUT2D eigenvalue weighted by molar-refractivity contribution is -0.148. The lowest BCUT2D eigenvalue weighted by Crippen LogP contribution is -2.39. The van der Waals surface area contributed by atoms with Crippen molar-refractivity contribution in [3.05, 3.63) is 0 Å². The summed E-state index contributed by atoms with van der Waals surface area (Å²) in [5, 5.41) is 2.35. The van der Waals surface area contributed by atoms with Crippen molar-refractivity contribution in [1.82, 2.24) is 5.32 Å². The highest BCUT2D eigenvalue weighted by atomic mass is 16.6. The summed E-state index contributed by atoms with van der Waals surface area (Å²) in [5.74, 6) is -0.784. The highest BCUT2D eigenvalue weighted by Gasteiger charge is 2.06. The van der Waals surface area contributed by atoms with Crippen molar-refractivity contribution in [2.75, 3.05) is 6.54 Å². The number of ether oxygens (including phenoxy) is 1. The number of rotatable bonds is 3. The van der Waals surface area contributed by atoms with Gasteiger partial charge in [0.15, 0.2) is 6.23 Å². The second-order valence-corrected chi connectivity index (χ2v) is 2.02. The van der Waals surface area contributed by atoms with E-state index in [2.05, 4.69) is 10.1 Å². The summed E-state index contributed by atoms with van der Waals surface area (Å²) in [5.41, 5.74) is 5.00. The molecule has 0 bridgehead atoms. The van der Waals surface area contributed by atoms with Crippen LogP contribution in [0.3, 0.4) is 0 Å². The van der Waals surface area contributed by atoms with E-state index in [1.54, 1.807) is 6.92 Å². The molecule has 0 fully saturated rings. The zero-order chi connectivity index (χ0) is 8.85. The van der Waals surface area contributed by atoms with Gasteiger partial charge in [-0.3, -0.25) is 9.59 Å². The molecule has 0 aromatic heterocycles. The highest BCUT2D eigenvalue weighted by Crippen LogP contribution is 1.84. The Hall–Kier alpha value is -1.10. The third-order valence-electron chi connectivity index (χ3n) is 0.892. The summed E-state index contributed by atoms with van der Waals surface area (Å²) in [6.45, 7) is 2.71. The first-order valence-corrected chi connectivity index (χ1v) is 3.23. The number of nitrogens with two attached hydrogens (primary N) is 1. The fourth-order valence-electron chi connectivity index (χ4n) is 0.564. The molecule has 64 valence electrons. The molecule has 0 aliphatic carbocycles. The molecule has 0 aliphatic rings. The van der Waals surface area contributed by atoms with E-state index < -0.39 is 12.2 Å². The van der Waals surface area contributed by atoms with Gasteiger partial charge >= 0.3 is 5.97 Å². The fraction of sp³-hybridized carbons (Fsp3) is 0.667. The number of nitrogens with one attached hydrogen (secondary N) is 1. The van der Waals surface area contributed by atoms with E-state index in [1.165, 1.54) is 6.92 Å². The number of hydrogen-bond acceptors (Lipinski definition) is 4. The maximum absolute atomic E-state index is 10.6. The molecule has 0 aliphatic heterocycles. The predicted molar refractivity (Wildman–Crippen MR) is 38.4 cm³/mol. The van der Waals surface area contributed by atoms with Crippen molar-refractivity contribution in [3.63, 3.8) is 0 Å². The van der Waals surface area contributed by atoms with Gasteiger partial charge in [0.1, 0.15) is 0 Å². The first-order chi connectivity index (χ1) is 5.06. The molecule has 11 heavy (non-hydrogen) atoms. The minimum absolute atomic E-state index is 0.106. The average molecular weight is 160 g/mol. The van der Waals surface area contributed by atoms with Crippen molar-refractivity contribution >= 4 is 11.9 Å². The molecule has 0 aromatic carbocycles. The summed E-state index contributed by atoms with van der Waals surface area (Å²) in [6, 6.07) is 0. The molecule has 0 spiro atoms. The Morgan fingerprint density at radius 2 is 2.18 bits per heavy atom. The van der Waals surface area contributed by atoms with Gasteiger partial charge in [-0.2, -0.15) is 0 Å². The van der Waals surface area contributed by atoms with Crippen LogP contribution in [0.1, 0.15) is 13.8 Å². The summed E-state index contributed by atoms with van der Waals surface area (Å²) in [7, 11) is 0. The molecular weight excluding hydrogens is 148 g/mol. The molecule has 0 saturated heterocycles. The topological polar surface area (TPSA) is 81.4 Å². The van der Waals surface area contributed by atoms with Crippen LogP contribution in [-0.2, 0) is 14.3 Å². The van der Waals surface area contributed by atoms with Gasteiger partial charge in [-0.1, -0.05) is 0 Å². The van der Waals surface area contributed by atoms with Gasteiger partial charge in [-0.15, -0.1) is 0 Å². The molecule has 0 heterocycles. The second kappa shape index (κ2) is 4.68. The largest absolute Gasteiger partial charge is 0.442 e. The van der Waals surface area contributed by atoms with Gasteiger partial charge in [0, 0.05) is 6.92 Å². The molecule has 3 N–H and O–H groups in total. The lowest BCUT2D eigenvalue weighted by Gasteiger charge is -2.12. The van der Waals surface area contributed by atoms with Crippen molar-refractivity contribution in [2.24, 2.45) is 5.73 Å². The summed E-state index contributed by atoms with van der Waals surface area (Å²) in [6.07, 6.45) is -0.608. The van der Waals surface area contributed by atoms with Crippen LogP contribution in [0.25, 0.3) is 0 Å². The number of esters is 1. The smallest absolute Gasteiger partial charge is 0.304 e. The van der Waals surface area contributed by atoms with Gasteiger partial charge in [0.25, 0.3) is 0 Å². The van der Waals surface area contributed by atoms with E-state index in [-0.39, 0.29) is 12.5 Å². The van der Waals surface area contributed by atoms with Crippen LogP contribution in [0.2, 0.25) is 0 Å². The Labute approximate surface area is 64.9 Å². The first-order valence-electron chi connectivity index (χ1n) is 3.23. The molecule has 0 aromatic rings. The van der Waals surface area contributed by atoms with Crippen LogP contribution in [-0.4, -0.2) is 24.6 Å². The van der Waals surface area contributed by atoms with Crippen LogP contribution in [0.5, 0.6) is 0 Å². The summed E-state index contributed by atoms with van der Waals surface area (Å²) < 4.78 is 4.60. The number of carbonyl (C=O) groups is 2. The molecule has 1 amide bonds. The summed E-state index contributed by atoms with van der Waals surface area (Å²) in [4.78, 5) is 20.9. The van der Waals surface area contributed by atoms with Crippen LogP contribution in [0, 0.1) is 0 Å². The Bertz CT molecular complexity index is 158. The standard InChI is InChI=1S/C6H12N2O3/c1-4(11-5(2)9)8-6(10)3-7/h4H,3,7H2,1-2H3,(H,8,10). The van der Waals surface area contributed by atoms with Gasteiger partial charge in [-0.25, -0.2) is 0 Å². The Morgan fingerprint density at radius 3 is 2.55 bits per heavy atom. The van der Waals surface area contributed by atoms with E-state index >= 15 is 0 Å². The minimum Gasteiger partial charge on any atom is -0.442 e. The van der Waals surface area contributed by atoms with Crippen molar-refractivity contribution < 1.29 is 14.3 Å². The monoisotopic (exact) mass is 160 g/mol.